The molecule has 1 aliphatic rings. The lowest BCUT2D eigenvalue weighted by molar-refractivity contribution is 0.273. The molecule has 0 radical (unpaired) electrons. The number of hydrogen-bond acceptors (Lipinski definition) is 2. The minimum Gasteiger partial charge on any atom is -0.271 e. The highest BCUT2D eigenvalue weighted by atomic mass is 15.2. The van der Waals surface area contributed by atoms with Gasteiger partial charge in [-0.3, -0.25) is 11.3 Å². The number of hydrogen-bond donors (Lipinski definition) is 2. The van der Waals surface area contributed by atoms with Gasteiger partial charge in [0.15, 0.2) is 0 Å². The molecule has 2 heteroatoms. The molecule has 1 aliphatic carbocycles. The summed E-state index contributed by atoms with van der Waals surface area (Å²) in [5.41, 5.74) is 7.11. The molecule has 0 spiro atoms. The molecule has 0 bridgehead atoms. The van der Waals surface area contributed by atoms with Gasteiger partial charge in [0, 0.05) is 6.04 Å². The van der Waals surface area contributed by atoms with Gasteiger partial charge in [-0.15, -0.1) is 0 Å². The summed E-state index contributed by atoms with van der Waals surface area (Å²) in [6.45, 7) is 4.33. The Balaban J connectivity index is 2.21. The van der Waals surface area contributed by atoms with Crippen molar-refractivity contribution in [3.63, 3.8) is 0 Å². The summed E-state index contributed by atoms with van der Waals surface area (Å²) in [6, 6.07) is 7.01. The molecular formula is C15H24N2. The first-order valence-electron chi connectivity index (χ1n) is 6.75. The number of hydrazine groups is 1. The summed E-state index contributed by atoms with van der Waals surface area (Å²) in [5, 5.41) is 0. The minimum atomic E-state index is 0.330. The van der Waals surface area contributed by atoms with Gasteiger partial charge >= 0.3 is 0 Å². The van der Waals surface area contributed by atoms with Crippen LogP contribution in [0.25, 0.3) is 0 Å². The van der Waals surface area contributed by atoms with Crippen molar-refractivity contribution in [2.75, 3.05) is 0 Å². The van der Waals surface area contributed by atoms with E-state index < -0.39 is 0 Å². The third-order valence-corrected chi connectivity index (χ3v) is 4.06. The van der Waals surface area contributed by atoms with Crippen LogP contribution in [0, 0.1) is 19.8 Å². The molecule has 3 N–H and O–H groups in total. The maximum atomic E-state index is 5.79. The second-order valence-corrected chi connectivity index (χ2v) is 5.40. The van der Waals surface area contributed by atoms with Crippen molar-refractivity contribution in [3.8, 4) is 0 Å². The monoisotopic (exact) mass is 232 g/mol. The van der Waals surface area contributed by atoms with E-state index in [1.54, 1.807) is 0 Å². The Kier molecular flexibility index (Phi) is 4.19. The zero-order valence-electron chi connectivity index (χ0n) is 11.0. The van der Waals surface area contributed by atoms with Crippen LogP contribution in [0.15, 0.2) is 18.2 Å². The van der Waals surface area contributed by atoms with Crippen LogP contribution in [0.4, 0.5) is 0 Å². The maximum Gasteiger partial charge on any atom is 0.0490 e. The number of benzene rings is 1. The Morgan fingerprint density at radius 1 is 1.18 bits per heavy atom. The van der Waals surface area contributed by atoms with E-state index in [2.05, 4.69) is 37.5 Å². The quantitative estimate of drug-likeness (QED) is 0.619. The second-order valence-electron chi connectivity index (χ2n) is 5.40. The Morgan fingerprint density at radius 3 is 2.47 bits per heavy atom. The molecule has 1 fully saturated rings. The summed E-state index contributed by atoms with van der Waals surface area (Å²) in [6.07, 6.45) is 6.71. The van der Waals surface area contributed by atoms with Crippen LogP contribution in [0.2, 0.25) is 0 Å². The predicted molar refractivity (Wildman–Crippen MR) is 72.6 cm³/mol. The standard InChI is InChI=1S/C15H24N2/c1-11-8-9-14(12(2)10-11)15(17-16)13-6-4-3-5-7-13/h8-10,13,15,17H,3-7,16H2,1-2H3. The normalized spacial score (nSPS) is 19.2. The average Bonchev–Trinajstić information content (AvgIpc) is 2.34. The fourth-order valence-corrected chi connectivity index (χ4v) is 3.12. The smallest absolute Gasteiger partial charge is 0.0490 e. The largest absolute Gasteiger partial charge is 0.271 e. The predicted octanol–water partition coefficient (Wildman–Crippen LogP) is 3.39. The van der Waals surface area contributed by atoms with Crippen molar-refractivity contribution in [2.24, 2.45) is 11.8 Å². The first-order valence-corrected chi connectivity index (χ1v) is 6.75. The van der Waals surface area contributed by atoms with E-state index in [1.165, 1.54) is 48.8 Å². The molecule has 2 rings (SSSR count). The fourth-order valence-electron chi connectivity index (χ4n) is 3.12. The molecule has 17 heavy (non-hydrogen) atoms. The number of nitrogens with one attached hydrogen (secondary N) is 1. The van der Waals surface area contributed by atoms with Crippen molar-refractivity contribution >= 4 is 0 Å². The van der Waals surface area contributed by atoms with Crippen LogP contribution in [0.3, 0.4) is 0 Å². The minimum absolute atomic E-state index is 0.330. The molecule has 0 saturated heterocycles. The van der Waals surface area contributed by atoms with Crippen LogP contribution in [0.1, 0.15) is 54.8 Å². The molecular weight excluding hydrogens is 208 g/mol. The van der Waals surface area contributed by atoms with E-state index in [9.17, 15) is 0 Å². The molecule has 1 aromatic rings. The highest BCUT2D eigenvalue weighted by Crippen LogP contribution is 2.35. The van der Waals surface area contributed by atoms with E-state index in [0.29, 0.717) is 12.0 Å². The van der Waals surface area contributed by atoms with E-state index >= 15 is 0 Å². The summed E-state index contributed by atoms with van der Waals surface area (Å²) < 4.78 is 0. The lowest BCUT2D eigenvalue weighted by atomic mass is 9.80. The second kappa shape index (κ2) is 5.65. The van der Waals surface area contributed by atoms with Gasteiger partial charge in [-0.25, -0.2) is 0 Å². The molecule has 0 heterocycles. The molecule has 94 valence electrons. The molecule has 1 saturated carbocycles. The van der Waals surface area contributed by atoms with Crippen molar-refractivity contribution in [3.05, 3.63) is 34.9 Å². The first-order chi connectivity index (χ1) is 8.22. The van der Waals surface area contributed by atoms with Crippen LogP contribution < -0.4 is 11.3 Å². The Morgan fingerprint density at radius 2 is 1.88 bits per heavy atom. The van der Waals surface area contributed by atoms with E-state index in [-0.39, 0.29) is 0 Å². The number of rotatable bonds is 3. The first kappa shape index (κ1) is 12.6. The van der Waals surface area contributed by atoms with Gasteiger partial charge in [0.2, 0.25) is 0 Å². The fraction of sp³-hybridized carbons (Fsp3) is 0.600. The average molecular weight is 232 g/mol. The molecule has 0 aliphatic heterocycles. The van der Waals surface area contributed by atoms with Crippen LogP contribution in [0.5, 0.6) is 0 Å². The molecule has 1 aromatic carbocycles. The Bertz CT molecular complexity index is 367. The molecule has 0 aromatic heterocycles. The van der Waals surface area contributed by atoms with E-state index in [1.807, 2.05) is 0 Å². The van der Waals surface area contributed by atoms with Gasteiger partial charge in [-0.05, 0) is 43.7 Å². The zero-order chi connectivity index (χ0) is 12.3. The van der Waals surface area contributed by atoms with Crippen LogP contribution in [-0.4, -0.2) is 0 Å². The van der Waals surface area contributed by atoms with Gasteiger partial charge in [-0.1, -0.05) is 43.0 Å². The molecule has 1 atom stereocenters. The van der Waals surface area contributed by atoms with Gasteiger partial charge in [0.1, 0.15) is 0 Å². The van der Waals surface area contributed by atoms with Gasteiger partial charge in [0.25, 0.3) is 0 Å². The summed E-state index contributed by atoms with van der Waals surface area (Å²) in [7, 11) is 0. The summed E-state index contributed by atoms with van der Waals surface area (Å²) in [4.78, 5) is 0. The zero-order valence-corrected chi connectivity index (χ0v) is 11.0. The highest BCUT2D eigenvalue weighted by molar-refractivity contribution is 5.33. The lowest BCUT2D eigenvalue weighted by Crippen LogP contribution is -2.35. The molecule has 1 unspecified atom stereocenters. The summed E-state index contributed by atoms with van der Waals surface area (Å²) in [5.74, 6) is 6.50. The van der Waals surface area contributed by atoms with Crippen LogP contribution >= 0.6 is 0 Å². The van der Waals surface area contributed by atoms with E-state index in [4.69, 9.17) is 5.84 Å². The topological polar surface area (TPSA) is 38.0 Å². The van der Waals surface area contributed by atoms with Crippen LogP contribution in [-0.2, 0) is 0 Å². The third-order valence-electron chi connectivity index (χ3n) is 4.06. The Labute approximate surface area is 105 Å². The van der Waals surface area contributed by atoms with Gasteiger partial charge in [0.05, 0.1) is 0 Å². The SMILES string of the molecule is Cc1ccc(C(NN)C2CCCCC2)c(C)c1. The molecule has 2 nitrogen and oxygen atoms in total. The Hall–Kier alpha value is -0.860. The molecule has 0 amide bonds. The highest BCUT2D eigenvalue weighted by Gasteiger charge is 2.24. The van der Waals surface area contributed by atoms with E-state index in [0.717, 1.165) is 0 Å². The van der Waals surface area contributed by atoms with Crippen molar-refractivity contribution in [1.82, 2.24) is 5.43 Å². The maximum absolute atomic E-state index is 5.79. The third kappa shape index (κ3) is 2.88. The van der Waals surface area contributed by atoms with Gasteiger partial charge < -0.3 is 0 Å². The van der Waals surface area contributed by atoms with Gasteiger partial charge in [-0.2, -0.15) is 0 Å². The number of aryl methyl sites for hydroxylation is 2. The van der Waals surface area contributed by atoms with Crippen molar-refractivity contribution in [1.29, 1.82) is 0 Å². The number of nitrogens with two attached hydrogens (primary N) is 1. The van der Waals surface area contributed by atoms with Crippen molar-refractivity contribution in [2.45, 2.75) is 52.0 Å². The van der Waals surface area contributed by atoms with Crippen molar-refractivity contribution < 1.29 is 0 Å². The lowest BCUT2D eigenvalue weighted by Gasteiger charge is -2.31. The summed E-state index contributed by atoms with van der Waals surface area (Å²) >= 11 is 0.